The molecule has 0 bridgehead atoms. The fraction of sp³-hybridized carbons (Fsp3) is 0.474. The van der Waals surface area contributed by atoms with Crippen LogP contribution in [0.3, 0.4) is 0 Å². The molecule has 0 aliphatic heterocycles. The van der Waals surface area contributed by atoms with E-state index in [9.17, 15) is 4.79 Å². The summed E-state index contributed by atoms with van der Waals surface area (Å²) in [5.74, 6) is 0.760. The van der Waals surface area contributed by atoms with Gasteiger partial charge in [0.15, 0.2) is 0 Å². The fourth-order valence-electron chi connectivity index (χ4n) is 2.89. The van der Waals surface area contributed by atoms with Crippen molar-refractivity contribution >= 4 is 11.4 Å². The number of benzene rings is 1. The Morgan fingerprint density at radius 3 is 2.45 bits per heavy atom. The molecular formula is C19H23NO2. The summed E-state index contributed by atoms with van der Waals surface area (Å²) in [5, 5.41) is 0. The molecule has 1 aliphatic carbocycles. The smallest absolute Gasteiger partial charge is 0.306 e. The lowest BCUT2D eigenvalue weighted by Gasteiger charge is -2.19. The van der Waals surface area contributed by atoms with E-state index in [2.05, 4.69) is 24.8 Å². The summed E-state index contributed by atoms with van der Waals surface area (Å²) in [6.07, 6.45) is 2.06. The van der Waals surface area contributed by atoms with Gasteiger partial charge in [-0.25, -0.2) is 6.57 Å². The highest BCUT2D eigenvalue weighted by Gasteiger charge is 2.42. The van der Waals surface area contributed by atoms with Gasteiger partial charge in [0.2, 0.25) is 5.78 Å². The van der Waals surface area contributed by atoms with Crippen molar-refractivity contribution in [1.82, 2.24) is 0 Å². The Kier molecular flexibility index (Phi) is 3.91. The van der Waals surface area contributed by atoms with Crippen molar-refractivity contribution in [2.75, 3.05) is 7.11 Å². The van der Waals surface area contributed by atoms with Gasteiger partial charge in [0.05, 0.1) is 7.11 Å². The number of rotatable bonds is 3. The molecule has 0 N–H and O–H groups in total. The second kappa shape index (κ2) is 5.28. The van der Waals surface area contributed by atoms with Gasteiger partial charge in [0.25, 0.3) is 0 Å². The van der Waals surface area contributed by atoms with E-state index in [0.29, 0.717) is 0 Å². The Labute approximate surface area is 132 Å². The number of carbonyl (C=O) groups is 1. The third-order valence-corrected chi connectivity index (χ3v) is 4.16. The molecule has 0 saturated heterocycles. The number of ketones is 1. The van der Waals surface area contributed by atoms with E-state index in [1.165, 1.54) is 0 Å². The molecule has 1 aromatic rings. The van der Waals surface area contributed by atoms with Gasteiger partial charge in [0, 0.05) is 16.4 Å². The molecule has 0 heterocycles. The quantitative estimate of drug-likeness (QED) is 0.780. The Bertz CT molecular complexity index is 684. The van der Waals surface area contributed by atoms with Gasteiger partial charge in [0.1, 0.15) is 5.75 Å². The minimum absolute atomic E-state index is 0.0341. The fourth-order valence-corrected chi connectivity index (χ4v) is 2.89. The second-order valence-corrected chi connectivity index (χ2v) is 7.38. The Morgan fingerprint density at radius 2 is 1.95 bits per heavy atom. The van der Waals surface area contributed by atoms with Crippen LogP contribution in [0.1, 0.15) is 45.7 Å². The van der Waals surface area contributed by atoms with E-state index in [1.54, 1.807) is 7.11 Å². The van der Waals surface area contributed by atoms with Crippen LogP contribution in [-0.4, -0.2) is 18.9 Å². The molecule has 1 unspecified atom stereocenters. The highest BCUT2D eigenvalue weighted by Crippen LogP contribution is 2.44. The van der Waals surface area contributed by atoms with Crippen LogP contribution in [0.5, 0.6) is 5.75 Å². The molecule has 2 rings (SSSR count). The van der Waals surface area contributed by atoms with E-state index < -0.39 is 11.5 Å². The first-order valence-electron chi connectivity index (χ1n) is 7.44. The largest absolute Gasteiger partial charge is 0.497 e. The van der Waals surface area contributed by atoms with Crippen molar-refractivity contribution in [3.8, 4) is 5.75 Å². The lowest BCUT2D eigenvalue weighted by atomic mass is 9.83. The number of ether oxygens (including phenoxy) is 1. The molecule has 116 valence electrons. The minimum atomic E-state index is -0.742. The summed E-state index contributed by atoms with van der Waals surface area (Å²) in [6.45, 7) is 17.3. The molecule has 3 heteroatoms. The summed E-state index contributed by atoms with van der Waals surface area (Å²) in [7, 11) is 1.64. The Morgan fingerprint density at radius 1 is 1.32 bits per heavy atom. The Balaban J connectivity index is 2.55. The zero-order valence-electron chi connectivity index (χ0n) is 14.2. The standard InChI is InChI=1S/C19H23NO2/c1-18(2,3)17(21)16(20-6)14-11-19(4,5)15-10-12(22-7)8-9-13(14)15/h8-11,16H,1-5,7H3. The predicted octanol–water partition coefficient (Wildman–Crippen LogP) is 4.27. The molecule has 0 saturated carbocycles. The maximum atomic E-state index is 12.6. The highest BCUT2D eigenvalue weighted by molar-refractivity contribution is 6.03. The maximum absolute atomic E-state index is 12.6. The average molecular weight is 297 g/mol. The third kappa shape index (κ3) is 2.66. The molecule has 0 aromatic heterocycles. The number of allylic oxidation sites excluding steroid dienone is 1. The van der Waals surface area contributed by atoms with Crippen molar-refractivity contribution in [2.45, 2.75) is 46.1 Å². The lowest BCUT2D eigenvalue weighted by Crippen LogP contribution is -2.31. The minimum Gasteiger partial charge on any atom is -0.497 e. The topological polar surface area (TPSA) is 30.7 Å². The number of Topliss-reactive ketones (excluding diaryl/α,β-unsaturated/α-hetero) is 1. The molecule has 1 aliphatic rings. The number of fused-ring (bicyclic) bond motifs is 1. The van der Waals surface area contributed by atoms with Gasteiger partial charge in [-0.2, -0.15) is 0 Å². The molecule has 1 atom stereocenters. The predicted molar refractivity (Wildman–Crippen MR) is 88.8 cm³/mol. The zero-order valence-corrected chi connectivity index (χ0v) is 14.2. The normalized spacial score (nSPS) is 17.2. The summed E-state index contributed by atoms with van der Waals surface area (Å²) in [5.41, 5.74) is 2.19. The van der Waals surface area contributed by atoms with E-state index in [1.807, 2.05) is 39.0 Å². The number of hydrogen-bond donors (Lipinski definition) is 0. The van der Waals surface area contributed by atoms with E-state index in [0.717, 1.165) is 22.4 Å². The van der Waals surface area contributed by atoms with Crippen LogP contribution in [0.25, 0.3) is 10.4 Å². The Hall–Kier alpha value is -2.08. The summed E-state index contributed by atoms with van der Waals surface area (Å²) >= 11 is 0. The van der Waals surface area contributed by atoms with Crippen LogP contribution < -0.4 is 4.74 Å². The maximum Gasteiger partial charge on any atom is 0.306 e. The van der Waals surface area contributed by atoms with Crippen LogP contribution in [0.15, 0.2) is 24.3 Å². The number of hydrogen-bond acceptors (Lipinski definition) is 2. The molecule has 0 radical (unpaired) electrons. The average Bonchev–Trinajstić information content (AvgIpc) is 2.70. The molecule has 22 heavy (non-hydrogen) atoms. The van der Waals surface area contributed by atoms with Gasteiger partial charge in [-0.3, -0.25) is 9.64 Å². The van der Waals surface area contributed by atoms with E-state index >= 15 is 0 Å². The number of nitrogens with zero attached hydrogens (tertiary/aromatic N) is 1. The molecule has 1 aromatic carbocycles. The van der Waals surface area contributed by atoms with Crippen molar-refractivity contribution in [3.63, 3.8) is 0 Å². The zero-order chi connectivity index (χ0) is 16.7. The van der Waals surface area contributed by atoms with Crippen LogP contribution in [0, 0.1) is 12.0 Å². The van der Waals surface area contributed by atoms with Gasteiger partial charge in [-0.05, 0) is 23.3 Å². The number of carbonyl (C=O) groups excluding carboxylic acids is 1. The van der Waals surface area contributed by atoms with Crippen LogP contribution in [0.2, 0.25) is 0 Å². The number of methoxy groups -OCH3 is 1. The van der Waals surface area contributed by atoms with Crippen molar-refractivity contribution in [2.24, 2.45) is 5.41 Å². The molecular weight excluding hydrogens is 274 g/mol. The van der Waals surface area contributed by atoms with Gasteiger partial charge in [-0.1, -0.05) is 46.8 Å². The van der Waals surface area contributed by atoms with E-state index in [4.69, 9.17) is 11.3 Å². The van der Waals surface area contributed by atoms with Crippen molar-refractivity contribution < 1.29 is 9.53 Å². The molecule has 3 nitrogen and oxygen atoms in total. The summed E-state index contributed by atoms with van der Waals surface area (Å²) in [4.78, 5) is 16.3. The van der Waals surface area contributed by atoms with Crippen molar-refractivity contribution in [3.05, 3.63) is 46.8 Å². The first-order valence-corrected chi connectivity index (χ1v) is 7.44. The lowest BCUT2D eigenvalue weighted by molar-refractivity contribution is -0.125. The third-order valence-electron chi connectivity index (χ3n) is 4.16. The monoisotopic (exact) mass is 297 g/mol. The first kappa shape index (κ1) is 16.3. The highest BCUT2D eigenvalue weighted by atomic mass is 16.5. The SMILES string of the molecule is [C-]#[N+]C(C(=O)C(C)(C)C)C1=CC(C)(C)c2cc(OC)ccc21. The van der Waals surface area contributed by atoms with Gasteiger partial charge < -0.3 is 4.74 Å². The molecule has 0 spiro atoms. The van der Waals surface area contributed by atoms with Crippen LogP contribution in [-0.2, 0) is 10.2 Å². The molecule has 0 fully saturated rings. The van der Waals surface area contributed by atoms with Gasteiger partial charge >= 0.3 is 6.04 Å². The first-order chi connectivity index (χ1) is 10.1. The van der Waals surface area contributed by atoms with Crippen LogP contribution >= 0.6 is 0 Å². The second-order valence-electron chi connectivity index (χ2n) is 7.38. The van der Waals surface area contributed by atoms with Gasteiger partial charge in [-0.15, -0.1) is 0 Å². The molecule has 0 amide bonds. The van der Waals surface area contributed by atoms with E-state index in [-0.39, 0.29) is 11.2 Å². The van der Waals surface area contributed by atoms with Crippen LogP contribution in [0.4, 0.5) is 0 Å². The van der Waals surface area contributed by atoms with Crippen molar-refractivity contribution in [1.29, 1.82) is 0 Å². The summed E-state index contributed by atoms with van der Waals surface area (Å²) in [6, 6.07) is 5.11. The summed E-state index contributed by atoms with van der Waals surface area (Å²) < 4.78 is 5.31.